The summed E-state index contributed by atoms with van der Waals surface area (Å²) in [6, 6.07) is 8.03. The van der Waals surface area contributed by atoms with Crippen LogP contribution in [0.3, 0.4) is 0 Å². The Kier molecular flexibility index (Phi) is 3.68. The number of nitrogens with zero attached hydrogens (tertiary/aromatic N) is 2. The van der Waals surface area contributed by atoms with Gasteiger partial charge in [-0.25, -0.2) is 0 Å². The van der Waals surface area contributed by atoms with Gasteiger partial charge in [0.2, 0.25) is 5.89 Å². The first-order valence-electron chi connectivity index (χ1n) is 7.33. The van der Waals surface area contributed by atoms with Gasteiger partial charge in [0.15, 0.2) is 6.10 Å². The quantitative estimate of drug-likeness (QED) is 0.937. The van der Waals surface area contributed by atoms with Crippen LogP contribution in [0.4, 0.5) is 0 Å². The molecule has 1 aliphatic rings. The van der Waals surface area contributed by atoms with Gasteiger partial charge in [0.1, 0.15) is 5.75 Å². The van der Waals surface area contributed by atoms with E-state index in [0.717, 1.165) is 25.1 Å². The Hall–Kier alpha value is -1.88. The second kappa shape index (κ2) is 5.48. The number of hydrogen-bond acceptors (Lipinski definition) is 5. The molecule has 1 aromatic heterocycles. The fourth-order valence-corrected chi connectivity index (χ4v) is 2.36. The number of hydrogen-bond donors (Lipinski definition) is 1. The van der Waals surface area contributed by atoms with Crippen molar-refractivity contribution in [3.63, 3.8) is 0 Å². The van der Waals surface area contributed by atoms with E-state index in [-0.39, 0.29) is 11.6 Å². The van der Waals surface area contributed by atoms with Crippen LogP contribution in [0.5, 0.6) is 5.75 Å². The molecule has 1 aromatic carbocycles. The van der Waals surface area contributed by atoms with Gasteiger partial charge in [-0.3, -0.25) is 0 Å². The van der Waals surface area contributed by atoms with E-state index in [4.69, 9.17) is 9.15 Å². The summed E-state index contributed by atoms with van der Waals surface area (Å²) in [5.74, 6) is 2.13. The lowest BCUT2D eigenvalue weighted by Gasteiger charge is -2.19. The summed E-state index contributed by atoms with van der Waals surface area (Å²) in [5, 5.41) is 11.6. The Labute approximate surface area is 124 Å². The highest BCUT2D eigenvalue weighted by atomic mass is 16.5. The second-order valence-corrected chi connectivity index (χ2v) is 6.38. The van der Waals surface area contributed by atoms with Crippen LogP contribution in [0, 0.1) is 0 Å². The van der Waals surface area contributed by atoms with Crippen molar-refractivity contribution >= 4 is 0 Å². The van der Waals surface area contributed by atoms with Gasteiger partial charge < -0.3 is 14.5 Å². The Balaban J connectivity index is 1.59. The van der Waals surface area contributed by atoms with Crippen molar-refractivity contribution in [2.75, 3.05) is 6.54 Å². The molecule has 0 bridgehead atoms. The van der Waals surface area contributed by atoms with E-state index in [0.29, 0.717) is 11.8 Å². The van der Waals surface area contributed by atoms with Crippen LogP contribution in [0.1, 0.15) is 44.2 Å². The minimum atomic E-state index is -0.153. The maximum atomic E-state index is 5.85. The molecule has 0 radical (unpaired) electrons. The van der Waals surface area contributed by atoms with Gasteiger partial charge in [0.05, 0.1) is 0 Å². The average Bonchev–Trinajstić information content (AvgIpc) is 3.02. The molecule has 0 saturated heterocycles. The Morgan fingerprint density at radius 1 is 1.24 bits per heavy atom. The van der Waals surface area contributed by atoms with E-state index in [9.17, 15) is 0 Å². The lowest BCUT2D eigenvalue weighted by Crippen LogP contribution is -2.37. The number of para-hydroxylation sites is 1. The molecule has 0 fully saturated rings. The van der Waals surface area contributed by atoms with Crippen LogP contribution in [0.2, 0.25) is 0 Å². The van der Waals surface area contributed by atoms with Crippen LogP contribution in [-0.2, 0) is 12.8 Å². The molecule has 0 saturated carbocycles. The molecule has 112 valence electrons. The van der Waals surface area contributed by atoms with Crippen molar-refractivity contribution in [1.82, 2.24) is 15.5 Å². The first-order chi connectivity index (χ1) is 10.0. The Morgan fingerprint density at radius 3 is 2.81 bits per heavy atom. The molecule has 2 aromatic rings. The smallest absolute Gasteiger partial charge is 0.257 e. The minimum Gasteiger partial charge on any atom is -0.480 e. The first kappa shape index (κ1) is 14.1. The molecular formula is C16H21N3O2. The van der Waals surface area contributed by atoms with Crippen molar-refractivity contribution in [1.29, 1.82) is 0 Å². The summed E-state index contributed by atoms with van der Waals surface area (Å²) in [7, 11) is 0. The minimum absolute atomic E-state index is 0.0963. The fraction of sp³-hybridized carbons (Fsp3) is 0.500. The number of benzene rings is 1. The summed E-state index contributed by atoms with van der Waals surface area (Å²) < 4.78 is 11.6. The molecule has 5 heteroatoms. The maximum absolute atomic E-state index is 5.85. The average molecular weight is 287 g/mol. The van der Waals surface area contributed by atoms with E-state index >= 15 is 0 Å². The molecule has 2 heterocycles. The summed E-state index contributed by atoms with van der Waals surface area (Å²) in [6.45, 7) is 7.22. The van der Waals surface area contributed by atoms with Crippen molar-refractivity contribution < 1.29 is 9.15 Å². The molecule has 1 atom stereocenters. The topological polar surface area (TPSA) is 60.2 Å². The van der Waals surface area contributed by atoms with Gasteiger partial charge in [0, 0.05) is 24.9 Å². The lowest BCUT2D eigenvalue weighted by molar-refractivity contribution is 0.194. The van der Waals surface area contributed by atoms with Crippen molar-refractivity contribution in [2.24, 2.45) is 0 Å². The molecule has 0 amide bonds. The molecular weight excluding hydrogens is 266 g/mol. The molecule has 5 nitrogen and oxygen atoms in total. The summed E-state index contributed by atoms with van der Waals surface area (Å²) in [4.78, 5) is 0. The predicted octanol–water partition coefficient (Wildman–Crippen LogP) is 2.68. The van der Waals surface area contributed by atoms with Gasteiger partial charge in [-0.05, 0) is 32.4 Å². The highest BCUT2D eigenvalue weighted by molar-refractivity contribution is 5.37. The zero-order valence-corrected chi connectivity index (χ0v) is 12.7. The van der Waals surface area contributed by atoms with Crippen LogP contribution < -0.4 is 10.1 Å². The highest BCUT2D eigenvalue weighted by Crippen LogP contribution is 2.35. The molecule has 21 heavy (non-hydrogen) atoms. The summed E-state index contributed by atoms with van der Waals surface area (Å²) in [5.41, 5.74) is 1.29. The first-order valence-corrected chi connectivity index (χ1v) is 7.33. The van der Waals surface area contributed by atoms with Gasteiger partial charge in [-0.15, -0.1) is 10.2 Å². The predicted molar refractivity (Wildman–Crippen MR) is 79.3 cm³/mol. The van der Waals surface area contributed by atoms with Crippen LogP contribution in [-0.4, -0.2) is 22.3 Å². The van der Waals surface area contributed by atoms with E-state index in [1.165, 1.54) is 5.56 Å². The van der Waals surface area contributed by atoms with Gasteiger partial charge in [-0.1, -0.05) is 18.2 Å². The molecule has 0 spiro atoms. The number of fused-ring (bicyclic) bond motifs is 1. The van der Waals surface area contributed by atoms with Gasteiger partial charge in [-0.2, -0.15) is 0 Å². The third-order valence-electron chi connectivity index (χ3n) is 3.40. The monoisotopic (exact) mass is 287 g/mol. The summed E-state index contributed by atoms with van der Waals surface area (Å²) >= 11 is 0. The van der Waals surface area contributed by atoms with Gasteiger partial charge >= 0.3 is 0 Å². The van der Waals surface area contributed by atoms with E-state index in [1.54, 1.807) is 0 Å². The molecule has 3 rings (SSSR count). The SMILES string of the molecule is CC(C)(C)NCCc1nnc(C2Cc3ccccc3O2)o1. The fourth-order valence-electron chi connectivity index (χ4n) is 2.36. The lowest BCUT2D eigenvalue weighted by atomic mass is 10.1. The largest absolute Gasteiger partial charge is 0.480 e. The standard InChI is InChI=1S/C16H21N3O2/c1-16(2,3)17-9-8-14-18-19-15(21-14)13-10-11-6-4-5-7-12(11)20-13/h4-7,13,17H,8-10H2,1-3H3. The molecule has 0 aliphatic carbocycles. The van der Waals surface area contributed by atoms with Gasteiger partial charge in [0.25, 0.3) is 5.89 Å². The summed E-state index contributed by atoms with van der Waals surface area (Å²) in [6.07, 6.45) is 1.36. The van der Waals surface area contributed by atoms with E-state index < -0.39 is 0 Å². The van der Waals surface area contributed by atoms with E-state index in [2.05, 4.69) is 42.4 Å². The molecule has 1 N–H and O–H groups in total. The number of ether oxygens (including phenoxy) is 1. The van der Waals surface area contributed by atoms with E-state index in [1.807, 2.05) is 18.2 Å². The third kappa shape index (κ3) is 3.42. The highest BCUT2D eigenvalue weighted by Gasteiger charge is 2.28. The maximum Gasteiger partial charge on any atom is 0.257 e. The van der Waals surface area contributed by atoms with Crippen LogP contribution >= 0.6 is 0 Å². The van der Waals surface area contributed by atoms with Crippen molar-refractivity contribution in [2.45, 2.75) is 45.3 Å². The Morgan fingerprint density at radius 2 is 2.05 bits per heavy atom. The zero-order chi connectivity index (χ0) is 14.9. The van der Waals surface area contributed by atoms with Crippen molar-refractivity contribution in [3.8, 4) is 5.75 Å². The number of rotatable bonds is 4. The van der Waals surface area contributed by atoms with Crippen molar-refractivity contribution in [3.05, 3.63) is 41.6 Å². The molecule has 1 unspecified atom stereocenters. The third-order valence-corrected chi connectivity index (χ3v) is 3.40. The van der Waals surface area contributed by atoms with Crippen LogP contribution in [0.25, 0.3) is 0 Å². The molecule has 1 aliphatic heterocycles. The number of aromatic nitrogens is 2. The number of nitrogens with one attached hydrogen (secondary N) is 1. The second-order valence-electron chi connectivity index (χ2n) is 6.38. The van der Waals surface area contributed by atoms with Crippen LogP contribution in [0.15, 0.2) is 28.7 Å². The zero-order valence-electron chi connectivity index (χ0n) is 12.7. The normalized spacial score (nSPS) is 17.6. The Bertz CT molecular complexity index is 591.